The van der Waals surface area contributed by atoms with Crippen molar-refractivity contribution in [2.75, 3.05) is 11.5 Å². The molecule has 0 aromatic carbocycles. The molecule has 0 atom stereocenters. The second kappa shape index (κ2) is 6.02. The predicted molar refractivity (Wildman–Crippen MR) is 66.4 cm³/mol. The SMILES string of the molecule is NCc1cn(CC(=O)NC2CCSCC2)nn1. The number of rotatable bonds is 4. The van der Waals surface area contributed by atoms with Crippen LogP contribution >= 0.6 is 11.8 Å². The fourth-order valence-electron chi connectivity index (χ4n) is 1.77. The third-order valence-corrected chi connectivity index (χ3v) is 3.74. The van der Waals surface area contributed by atoms with E-state index in [-0.39, 0.29) is 12.5 Å². The second-order valence-electron chi connectivity index (χ2n) is 4.07. The Morgan fingerprint density at radius 2 is 2.35 bits per heavy atom. The van der Waals surface area contributed by atoms with E-state index in [1.54, 1.807) is 6.20 Å². The molecule has 1 aliphatic heterocycles. The molecule has 17 heavy (non-hydrogen) atoms. The summed E-state index contributed by atoms with van der Waals surface area (Å²) in [7, 11) is 0. The summed E-state index contributed by atoms with van der Waals surface area (Å²) in [5.41, 5.74) is 6.13. The van der Waals surface area contributed by atoms with Gasteiger partial charge in [-0.25, -0.2) is 4.68 Å². The Labute approximate surface area is 104 Å². The number of carbonyl (C=O) groups is 1. The molecule has 3 N–H and O–H groups in total. The van der Waals surface area contributed by atoms with Crippen LogP contribution in [-0.4, -0.2) is 38.4 Å². The lowest BCUT2D eigenvalue weighted by Crippen LogP contribution is -2.39. The van der Waals surface area contributed by atoms with E-state index in [9.17, 15) is 4.79 Å². The molecule has 1 saturated heterocycles. The maximum Gasteiger partial charge on any atom is 0.242 e. The molecule has 1 amide bonds. The normalized spacial score (nSPS) is 17.0. The molecule has 0 radical (unpaired) electrons. The van der Waals surface area contributed by atoms with E-state index in [1.807, 2.05) is 11.8 Å². The third-order valence-electron chi connectivity index (χ3n) is 2.69. The first-order valence-corrected chi connectivity index (χ1v) is 6.89. The van der Waals surface area contributed by atoms with Gasteiger partial charge in [-0.3, -0.25) is 4.79 Å². The molecule has 1 aromatic heterocycles. The van der Waals surface area contributed by atoms with Crippen molar-refractivity contribution in [1.82, 2.24) is 20.3 Å². The van der Waals surface area contributed by atoms with Crippen LogP contribution < -0.4 is 11.1 Å². The highest BCUT2D eigenvalue weighted by atomic mass is 32.2. The predicted octanol–water partition coefficient (Wildman–Crippen LogP) is -0.251. The summed E-state index contributed by atoms with van der Waals surface area (Å²) >= 11 is 1.94. The van der Waals surface area contributed by atoms with Gasteiger partial charge in [-0.15, -0.1) is 5.10 Å². The molecule has 0 spiro atoms. The van der Waals surface area contributed by atoms with Crippen molar-refractivity contribution in [1.29, 1.82) is 0 Å². The molecule has 0 unspecified atom stereocenters. The van der Waals surface area contributed by atoms with Crippen LogP contribution in [0.3, 0.4) is 0 Å². The summed E-state index contributed by atoms with van der Waals surface area (Å²) in [5, 5.41) is 10.7. The van der Waals surface area contributed by atoms with Crippen molar-refractivity contribution >= 4 is 17.7 Å². The van der Waals surface area contributed by atoms with Crippen molar-refractivity contribution < 1.29 is 4.79 Å². The fraction of sp³-hybridized carbons (Fsp3) is 0.700. The van der Waals surface area contributed by atoms with Crippen LogP contribution in [0.1, 0.15) is 18.5 Å². The van der Waals surface area contributed by atoms with E-state index in [1.165, 1.54) is 4.68 Å². The number of hydrogen-bond donors (Lipinski definition) is 2. The lowest BCUT2D eigenvalue weighted by Gasteiger charge is -2.22. The first-order valence-electron chi connectivity index (χ1n) is 5.74. The minimum atomic E-state index is -0.00429. The molecule has 1 aromatic rings. The number of thioether (sulfide) groups is 1. The first-order chi connectivity index (χ1) is 8.28. The van der Waals surface area contributed by atoms with Crippen molar-refractivity contribution in [2.45, 2.75) is 32.0 Å². The van der Waals surface area contributed by atoms with Gasteiger partial charge in [-0.2, -0.15) is 11.8 Å². The summed E-state index contributed by atoms with van der Waals surface area (Å²) < 4.78 is 1.52. The van der Waals surface area contributed by atoms with Gasteiger partial charge in [0.25, 0.3) is 0 Å². The molecule has 2 heterocycles. The van der Waals surface area contributed by atoms with Crippen molar-refractivity contribution in [3.8, 4) is 0 Å². The third kappa shape index (κ3) is 3.71. The fourth-order valence-corrected chi connectivity index (χ4v) is 2.88. The highest BCUT2D eigenvalue weighted by Gasteiger charge is 2.16. The maximum absolute atomic E-state index is 11.7. The Morgan fingerprint density at radius 1 is 1.59 bits per heavy atom. The lowest BCUT2D eigenvalue weighted by atomic mass is 10.1. The zero-order valence-electron chi connectivity index (χ0n) is 9.63. The molecule has 1 aliphatic rings. The number of nitrogens with zero attached hydrogens (tertiary/aromatic N) is 3. The average Bonchev–Trinajstić information content (AvgIpc) is 2.78. The lowest BCUT2D eigenvalue weighted by molar-refractivity contribution is -0.122. The zero-order chi connectivity index (χ0) is 12.1. The van der Waals surface area contributed by atoms with Crippen molar-refractivity contribution in [3.63, 3.8) is 0 Å². The minimum Gasteiger partial charge on any atom is -0.352 e. The topological polar surface area (TPSA) is 85.8 Å². The second-order valence-corrected chi connectivity index (χ2v) is 5.29. The smallest absolute Gasteiger partial charge is 0.242 e. The standard InChI is InChI=1S/C10H17N5OS/c11-5-9-6-15(14-13-9)7-10(16)12-8-1-3-17-4-2-8/h6,8H,1-5,7,11H2,(H,12,16). The maximum atomic E-state index is 11.7. The van der Waals surface area contributed by atoms with E-state index in [2.05, 4.69) is 15.6 Å². The summed E-state index contributed by atoms with van der Waals surface area (Å²) in [6, 6.07) is 0.321. The molecular formula is C10H17N5OS. The van der Waals surface area contributed by atoms with Gasteiger partial charge < -0.3 is 11.1 Å². The largest absolute Gasteiger partial charge is 0.352 e. The highest BCUT2D eigenvalue weighted by molar-refractivity contribution is 7.99. The van der Waals surface area contributed by atoms with Gasteiger partial charge in [0.15, 0.2) is 0 Å². The summed E-state index contributed by atoms with van der Waals surface area (Å²) in [6.07, 6.45) is 3.82. The molecule has 2 rings (SSSR count). The molecule has 7 heteroatoms. The number of amides is 1. The van der Waals surface area contributed by atoms with Crippen LogP contribution in [0.4, 0.5) is 0 Å². The summed E-state index contributed by atoms with van der Waals surface area (Å²) in [4.78, 5) is 11.7. The first kappa shape index (κ1) is 12.4. The van der Waals surface area contributed by atoms with Gasteiger partial charge in [0.1, 0.15) is 6.54 Å². The summed E-state index contributed by atoms with van der Waals surface area (Å²) in [6.45, 7) is 0.568. The van der Waals surface area contributed by atoms with Crippen LogP contribution in [0.25, 0.3) is 0 Å². The highest BCUT2D eigenvalue weighted by Crippen LogP contribution is 2.16. The number of aromatic nitrogens is 3. The molecule has 0 bridgehead atoms. The van der Waals surface area contributed by atoms with Crippen molar-refractivity contribution in [3.05, 3.63) is 11.9 Å². The van der Waals surface area contributed by atoms with E-state index < -0.39 is 0 Å². The van der Waals surface area contributed by atoms with Gasteiger partial charge in [-0.05, 0) is 24.3 Å². The van der Waals surface area contributed by atoms with Crippen LogP contribution in [0.15, 0.2) is 6.20 Å². The van der Waals surface area contributed by atoms with E-state index >= 15 is 0 Å². The molecule has 1 fully saturated rings. The number of nitrogens with one attached hydrogen (secondary N) is 1. The van der Waals surface area contributed by atoms with Gasteiger partial charge in [0.05, 0.1) is 11.9 Å². The Morgan fingerprint density at radius 3 is 3.00 bits per heavy atom. The van der Waals surface area contributed by atoms with Gasteiger partial charge in [0, 0.05) is 12.6 Å². The van der Waals surface area contributed by atoms with E-state index in [4.69, 9.17) is 5.73 Å². The number of nitrogens with two attached hydrogens (primary N) is 1. The number of hydrogen-bond acceptors (Lipinski definition) is 5. The van der Waals surface area contributed by atoms with Crippen LogP contribution in [0.5, 0.6) is 0 Å². The van der Waals surface area contributed by atoms with Crippen LogP contribution in [0.2, 0.25) is 0 Å². The molecule has 6 nitrogen and oxygen atoms in total. The van der Waals surface area contributed by atoms with E-state index in [0.29, 0.717) is 18.3 Å². The van der Waals surface area contributed by atoms with Crippen LogP contribution in [0, 0.1) is 0 Å². The monoisotopic (exact) mass is 255 g/mol. The summed E-state index contributed by atoms with van der Waals surface area (Å²) in [5.74, 6) is 2.26. The zero-order valence-corrected chi connectivity index (χ0v) is 10.4. The Balaban J connectivity index is 1.79. The molecule has 94 valence electrons. The Hall–Kier alpha value is -1.08. The van der Waals surface area contributed by atoms with Gasteiger partial charge >= 0.3 is 0 Å². The quantitative estimate of drug-likeness (QED) is 0.775. The number of carbonyl (C=O) groups excluding carboxylic acids is 1. The van der Waals surface area contributed by atoms with E-state index in [0.717, 1.165) is 24.3 Å². The molecule has 0 saturated carbocycles. The average molecular weight is 255 g/mol. The Bertz CT molecular complexity index is 375. The molecule has 0 aliphatic carbocycles. The van der Waals surface area contributed by atoms with Gasteiger partial charge in [0.2, 0.25) is 5.91 Å². The Kier molecular flexibility index (Phi) is 4.38. The molecular weight excluding hydrogens is 238 g/mol. The van der Waals surface area contributed by atoms with Gasteiger partial charge in [-0.1, -0.05) is 5.21 Å². The van der Waals surface area contributed by atoms with Crippen molar-refractivity contribution in [2.24, 2.45) is 5.73 Å². The minimum absolute atomic E-state index is 0.00429. The van der Waals surface area contributed by atoms with Crippen LogP contribution in [-0.2, 0) is 17.9 Å².